The van der Waals surface area contributed by atoms with Crippen molar-refractivity contribution < 1.29 is 13.5 Å². The van der Waals surface area contributed by atoms with E-state index >= 15 is 0 Å². The van der Waals surface area contributed by atoms with Crippen LogP contribution in [0.1, 0.15) is 38.8 Å². The standard InChI is InChI=1S/C14H24N2O3S/c1-5-13(15)11-7-6-8-12(9-11)20(18,19)16(4)10-14(2,3)17/h6-9,13,17H,5,10,15H2,1-4H3. The fourth-order valence-corrected chi connectivity index (χ4v) is 3.33. The second-order valence-electron chi connectivity index (χ2n) is 5.66. The van der Waals surface area contributed by atoms with Gasteiger partial charge in [0.05, 0.1) is 10.5 Å². The maximum absolute atomic E-state index is 12.4. The highest BCUT2D eigenvalue weighted by Gasteiger charge is 2.26. The molecular formula is C14H24N2O3S. The van der Waals surface area contributed by atoms with Gasteiger partial charge in [-0.15, -0.1) is 0 Å². The molecule has 6 heteroatoms. The van der Waals surface area contributed by atoms with Crippen molar-refractivity contribution in [3.63, 3.8) is 0 Å². The van der Waals surface area contributed by atoms with Crippen molar-refractivity contribution in [3.8, 4) is 0 Å². The molecule has 3 N–H and O–H groups in total. The topological polar surface area (TPSA) is 83.6 Å². The van der Waals surface area contributed by atoms with E-state index in [9.17, 15) is 13.5 Å². The summed E-state index contributed by atoms with van der Waals surface area (Å²) in [5, 5.41) is 9.75. The van der Waals surface area contributed by atoms with Gasteiger partial charge in [-0.2, -0.15) is 4.31 Å². The van der Waals surface area contributed by atoms with Crippen LogP contribution < -0.4 is 5.73 Å². The van der Waals surface area contributed by atoms with Crippen molar-refractivity contribution in [3.05, 3.63) is 29.8 Å². The van der Waals surface area contributed by atoms with Gasteiger partial charge in [0.2, 0.25) is 10.0 Å². The molecule has 0 spiro atoms. The smallest absolute Gasteiger partial charge is 0.242 e. The Kier molecular flexibility index (Phi) is 5.32. The first-order valence-corrected chi connectivity index (χ1v) is 8.06. The summed E-state index contributed by atoms with van der Waals surface area (Å²) in [4.78, 5) is 0.200. The Morgan fingerprint density at radius 1 is 1.40 bits per heavy atom. The van der Waals surface area contributed by atoms with Gasteiger partial charge < -0.3 is 10.8 Å². The summed E-state index contributed by atoms with van der Waals surface area (Å²) in [6.07, 6.45) is 0.739. The Morgan fingerprint density at radius 2 is 2.00 bits per heavy atom. The summed E-state index contributed by atoms with van der Waals surface area (Å²) < 4.78 is 26.1. The van der Waals surface area contributed by atoms with E-state index in [2.05, 4.69) is 0 Å². The van der Waals surface area contributed by atoms with Gasteiger partial charge in [0, 0.05) is 19.6 Å². The first kappa shape index (κ1) is 17.1. The molecule has 1 rings (SSSR count). The maximum atomic E-state index is 12.4. The van der Waals surface area contributed by atoms with Gasteiger partial charge in [-0.05, 0) is 38.0 Å². The minimum absolute atomic E-state index is 0.0272. The highest BCUT2D eigenvalue weighted by molar-refractivity contribution is 7.89. The van der Waals surface area contributed by atoms with Gasteiger partial charge in [0.25, 0.3) is 0 Å². The Hall–Kier alpha value is -0.950. The zero-order chi connectivity index (χ0) is 15.6. The number of nitrogens with zero attached hydrogens (tertiary/aromatic N) is 1. The normalized spacial score (nSPS) is 14.6. The van der Waals surface area contributed by atoms with Crippen molar-refractivity contribution in [1.82, 2.24) is 4.31 Å². The Balaban J connectivity index is 3.10. The van der Waals surface area contributed by atoms with E-state index in [4.69, 9.17) is 5.73 Å². The van der Waals surface area contributed by atoms with Crippen LogP contribution in [-0.4, -0.2) is 37.0 Å². The third kappa shape index (κ3) is 4.28. The van der Waals surface area contributed by atoms with Gasteiger partial charge in [-0.1, -0.05) is 19.1 Å². The second-order valence-corrected chi connectivity index (χ2v) is 7.71. The first-order valence-electron chi connectivity index (χ1n) is 6.62. The van der Waals surface area contributed by atoms with Gasteiger partial charge in [-0.25, -0.2) is 8.42 Å². The predicted octanol–water partition coefficient (Wildman–Crippen LogP) is 1.49. The Labute approximate surface area is 121 Å². The van der Waals surface area contributed by atoms with Crippen molar-refractivity contribution in [2.24, 2.45) is 5.73 Å². The average Bonchev–Trinajstić information content (AvgIpc) is 2.36. The first-order chi connectivity index (χ1) is 9.08. The molecule has 0 aromatic heterocycles. The lowest BCUT2D eigenvalue weighted by Gasteiger charge is -2.25. The summed E-state index contributed by atoms with van der Waals surface area (Å²) in [5.41, 5.74) is 5.65. The van der Waals surface area contributed by atoms with Crippen LogP contribution in [0.3, 0.4) is 0 Å². The molecule has 1 aromatic rings. The lowest BCUT2D eigenvalue weighted by Crippen LogP contribution is -2.39. The number of benzene rings is 1. The van der Waals surface area contributed by atoms with E-state index in [1.165, 1.54) is 7.05 Å². The third-order valence-electron chi connectivity index (χ3n) is 3.04. The SMILES string of the molecule is CCC(N)c1cccc(S(=O)(=O)N(C)CC(C)(C)O)c1. The van der Waals surface area contributed by atoms with Crippen molar-refractivity contribution >= 4 is 10.0 Å². The number of hydrogen-bond acceptors (Lipinski definition) is 4. The molecule has 1 unspecified atom stereocenters. The summed E-state index contributed by atoms with van der Waals surface area (Å²) in [6, 6.07) is 6.48. The van der Waals surface area contributed by atoms with Gasteiger partial charge in [0.15, 0.2) is 0 Å². The summed E-state index contributed by atoms with van der Waals surface area (Å²) in [7, 11) is -2.16. The zero-order valence-corrected chi connectivity index (χ0v) is 13.3. The molecule has 20 heavy (non-hydrogen) atoms. The molecular weight excluding hydrogens is 276 g/mol. The lowest BCUT2D eigenvalue weighted by molar-refractivity contribution is 0.0640. The van der Waals surface area contributed by atoms with E-state index in [0.29, 0.717) is 0 Å². The monoisotopic (exact) mass is 300 g/mol. The van der Waals surface area contributed by atoms with E-state index in [1.54, 1.807) is 32.0 Å². The molecule has 0 aliphatic heterocycles. The number of sulfonamides is 1. The molecule has 0 fully saturated rings. The van der Waals surface area contributed by atoms with Crippen molar-refractivity contribution in [1.29, 1.82) is 0 Å². The fraction of sp³-hybridized carbons (Fsp3) is 0.571. The Bertz CT molecular complexity index is 550. The largest absolute Gasteiger partial charge is 0.389 e. The number of hydrogen-bond donors (Lipinski definition) is 2. The Morgan fingerprint density at radius 3 is 2.50 bits per heavy atom. The van der Waals surface area contributed by atoms with Crippen molar-refractivity contribution in [2.45, 2.75) is 43.7 Å². The minimum Gasteiger partial charge on any atom is -0.389 e. The van der Waals surface area contributed by atoms with Crippen LogP contribution in [0, 0.1) is 0 Å². The van der Waals surface area contributed by atoms with Gasteiger partial charge in [0.1, 0.15) is 0 Å². The van der Waals surface area contributed by atoms with Gasteiger partial charge >= 0.3 is 0 Å². The van der Waals surface area contributed by atoms with Crippen LogP contribution in [0.2, 0.25) is 0 Å². The minimum atomic E-state index is -3.62. The average molecular weight is 300 g/mol. The second kappa shape index (κ2) is 6.22. The molecule has 1 aromatic carbocycles. The van der Waals surface area contributed by atoms with Crippen LogP contribution in [0.15, 0.2) is 29.2 Å². The van der Waals surface area contributed by atoms with E-state index in [1.807, 2.05) is 13.0 Å². The summed E-state index contributed by atoms with van der Waals surface area (Å²) in [6.45, 7) is 5.12. The molecule has 0 amide bonds. The molecule has 0 heterocycles. The molecule has 0 saturated heterocycles. The molecule has 0 aliphatic rings. The molecule has 0 radical (unpaired) electrons. The van der Waals surface area contributed by atoms with Crippen LogP contribution in [0.25, 0.3) is 0 Å². The quantitative estimate of drug-likeness (QED) is 0.833. The number of likely N-dealkylation sites (N-methyl/N-ethyl adjacent to an activating group) is 1. The maximum Gasteiger partial charge on any atom is 0.242 e. The molecule has 114 valence electrons. The molecule has 1 atom stereocenters. The fourth-order valence-electron chi connectivity index (χ4n) is 1.95. The summed E-state index contributed by atoms with van der Waals surface area (Å²) in [5.74, 6) is 0. The molecule has 0 bridgehead atoms. The highest BCUT2D eigenvalue weighted by Crippen LogP contribution is 2.21. The number of nitrogens with two attached hydrogens (primary N) is 1. The number of rotatable bonds is 6. The highest BCUT2D eigenvalue weighted by atomic mass is 32.2. The molecule has 0 aliphatic carbocycles. The van der Waals surface area contributed by atoms with Crippen LogP contribution in [0.4, 0.5) is 0 Å². The lowest BCUT2D eigenvalue weighted by atomic mass is 10.1. The number of aliphatic hydroxyl groups is 1. The third-order valence-corrected chi connectivity index (χ3v) is 4.84. The van der Waals surface area contributed by atoms with E-state index in [-0.39, 0.29) is 17.5 Å². The van der Waals surface area contributed by atoms with Crippen LogP contribution in [-0.2, 0) is 10.0 Å². The predicted molar refractivity (Wildman–Crippen MR) is 79.8 cm³/mol. The van der Waals surface area contributed by atoms with Crippen LogP contribution >= 0.6 is 0 Å². The molecule has 0 saturated carbocycles. The van der Waals surface area contributed by atoms with Gasteiger partial charge in [-0.3, -0.25) is 0 Å². The van der Waals surface area contributed by atoms with Crippen molar-refractivity contribution in [2.75, 3.05) is 13.6 Å². The van der Waals surface area contributed by atoms with E-state index in [0.717, 1.165) is 16.3 Å². The van der Waals surface area contributed by atoms with Crippen LogP contribution in [0.5, 0.6) is 0 Å². The zero-order valence-electron chi connectivity index (χ0n) is 12.5. The molecule has 5 nitrogen and oxygen atoms in total. The summed E-state index contributed by atoms with van der Waals surface area (Å²) >= 11 is 0. The van der Waals surface area contributed by atoms with E-state index < -0.39 is 15.6 Å².